The lowest BCUT2D eigenvalue weighted by molar-refractivity contribution is 0.248. The van der Waals surface area contributed by atoms with Gasteiger partial charge < -0.3 is 10.6 Å². The number of hydrogen-bond donors (Lipinski definition) is 2. The molecule has 3 rings (SSSR count). The van der Waals surface area contributed by atoms with Crippen LogP contribution in [0, 0.1) is 6.92 Å². The first kappa shape index (κ1) is 21.5. The van der Waals surface area contributed by atoms with Gasteiger partial charge in [0.25, 0.3) is 0 Å². The van der Waals surface area contributed by atoms with Gasteiger partial charge in [0.05, 0.1) is 17.5 Å². The summed E-state index contributed by atoms with van der Waals surface area (Å²) in [6.45, 7) is 2.03. The fraction of sp³-hybridized carbons (Fsp3) is 0.217. The molecule has 1 aromatic heterocycles. The van der Waals surface area contributed by atoms with Crippen LogP contribution in [0.5, 0.6) is 0 Å². The molecule has 0 saturated heterocycles. The molecule has 2 amide bonds. The second-order valence-corrected chi connectivity index (χ2v) is 9.46. The minimum atomic E-state index is -3.23. The smallest absolute Gasteiger partial charge is 0.319 e. The lowest BCUT2D eigenvalue weighted by Crippen LogP contribution is -2.34. The fourth-order valence-corrected chi connectivity index (χ4v) is 3.96. The lowest BCUT2D eigenvalue weighted by atomic mass is 10.0. The number of benzene rings is 2. The molecule has 0 aliphatic carbocycles. The Hall–Kier alpha value is -3.19. The predicted molar refractivity (Wildman–Crippen MR) is 119 cm³/mol. The van der Waals surface area contributed by atoms with Crippen molar-refractivity contribution in [1.82, 2.24) is 10.3 Å². The first-order valence-electron chi connectivity index (χ1n) is 9.60. The second-order valence-electron chi connectivity index (χ2n) is 7.32. The van der Waals surface area contributed by atoms with Gasteiger partial charge >= 0.3 is 6.03 Å². The van der Waals surface area contributed by atoms with E-state index in [0.717, 1.165) is 11.3 Å². The lowest BCUT2D eigenvalue weighted by Gasteiger charge is -2.20. The Morgan fingerprint density at radius 3 is 2.37 bits per heavy atom. The van der Waals surface area contributed by atoms with Crippen molar-refractivity contribution >= 4 is 21.6 Å². The van der Waals surface area contributed by atoms with Crippen molar-refractivity contribution in [3.05, 3.63) is 95.3 Å². The van der Waals surface area contributed by atoms with E-state index < -0.39 is 15.9 Å². The van der Waals surface area contributed by atoms with E-state index in [1.807, 2.05) is 49.4 Å². The van der Waals surface area contributed by atoms with Crippen LogP contribution in [0.1, 0.15) is 28.4 Å². The van der Waals surface area contributed by atoms with Gasteiger partial charge in [-0.05, 0) is 42.7 Å². The SMILES string of the molecule is Cc1ccc(CC(NC(=O)Nc2ccccc2CS(C)(=O)=O)c2ccccn2)cc1. The van der Waals surface area contributed by atoms with E-state index in [4.69, 9.17) is 0 Å². The topological polar surface area (TPSA) is 88.2 Å². The third kappa shape index (κ3) is 6.42. The number of hydrogen-bond acceptors (Lipinski definition) is 4. The molecular formula is C23H25N3O3S. The highest BCUT2D eigenvalue weighted by Gasteiger charge is 2.18. The summed E-state index contributed by atoms with van der Waals surface area (Å²) in [5.41, 5.74) is 4.01. The molecule has 0 aliphatic rings. The average molecular weight is 424 g/mol. The van der Waals surface area contributed by atoms with Crippen LogP contribution in [0.4, 0.5) is 10.5 Å². The Morgan fingerprint density at radius 1 is 1.00 bits per heavy atom. The number of sulfone groups is 1. The maximum atomic E-state index is 12.8. The molecular weight excluding hydrogens is 398 g/mol. The first-order valence-corrected chi connectivity index (χ1v) is 11.7. The first-order chi connectivity index (χ1) is 14.3. The monoisotopic (exact) mass is 423 g/mol. The molecule has 1 atom stereocenters. The number of carbonyl (C=O) groups excluding carboxylic acids is 1. The fourth-order valence-electron chi connectivity index (χ4n) is 3.14. The summed E-state index contributed by atoms with van der Waals surface area (Å²) in [5, 5.41) is 5.76. The number of anilines is 1. The number of nitrogens with zero attached hydrogens (tertiary/aromatic N) is 1. The number of amides is 2. The highest BCUT2D eigenvalue weighted by Crippen LogP contribution is 2.20. The highest BCUT2D eigenvalue weighted by atomic mass is 32.2. The maximum Gasteiger partial charge on any atom is 0.319 e. The van der Waals surface area contributed by atoms with Gasteiger partial charge in [-0.3, -0.25) is 4.98 Å². The highest BCUT2D eigenvalue weighted by molar-refractivity contribution is 7.89. The third-order valence-electron chi connectivity index (χ3n) is 4.59. The Morgan fingerprint density at radius 2 is 1.70 bits per heavy atom. The van der Waals surface area contributed by atoms with Crippen LogP contribution in [-0.4, -0.2) is 25.7 Å². The predicted octanol–water partition coefficient (Wildman–Crippen LogP) is 4.04. The zero-order valence-corrected chi connectivity index (χ0v) is 17.8. The van der Waals surface area contributed by atoms with Crippen LogP contribution in [0.15, 0.2) is 72.9 Å². The summed E-state index contributed by atoms with van der Waals surface area (Å²) in [4.78, 5) is 17.2. The van der Waals surface area contributed by atoms with Crippen molar-refractivity contribution in [2.24, 2.45) is 0 Å². The van der Waals surface area contributed by atoms with E-state index in [1.54, 1.807) is 30.5 Å². The minimum Gasteiger partial charge on any atom is -0.329 e. The van der Waals surface area contributed by atoms with Crippen LogP contribution in [-0.2, 0) is 22.0 Å². The number of urea groups is 1. The zero-order chi connectivity index (χ0) is 21.6. The molecule has 2 aromatic carbocycles. The number of nitrogens with one attached hydrogen (secondary N) is 2. The van der Waals surface area contributed by atoms with E-state index in [0.29, 0.717) is 17.7 Å². The summed E-state index contributed by atoms with van der Waals surface area (Å²) in [6.07, 6.45) is 3.44. The van der Waals surface area contributed by atoms with E-state index in [2.05, 4.69) is 15.6 Å². The van der Waals surface area contributed by atoms with Gasteiger partial charge in [-0.1, -0.05) is 54.1 Å². The van der Waals surface area contributed by atoms with Crippen LogP contribution in [0.2, 0.25) is 0 Å². The van der Waals surface area contributed by atoms with Crippen molar-refractivity contribution in [3.63, 3.8) is 0 Å². The molecule has 6 nitrogen and oxygen atoms in total. The summed E-state index contributed by atoms with van der Waals surface area (Å²) >= 11 is 0. The van der Waals surface area contributed by atoms with Gasteiger partial charge in [-0.25, -0.2) is 13.2 Å². The Bertz CT molecular complexity index is 1100. The number of para-hydroxylation sites is 1. The summed E-state index contributed by atoms with van der Waals surface area (Å²) in [7, 11) is -3.23. The Balaban J connectivity index is 1.78. The molecule has 30 heavy (non-hydrogen) atoms. The molecule has 0 radical (unpaired) electrons. The van der Waals surface area contributed by atoms with Gasteiger partial charge in [0.15, 0.2) is 9.84 Å². The largest absolute Gasteiger partial charge is 0.329 e. The van der Waals surface area contributed by atoms with Crippen molar-refractivity contribution in [2.45, 2.75) is 25.1 Å². The number of pyridine rings is 1. The standard InChI is InChI=1S/C23H25N3O3S/c1-17-10-12-18(13-11-17)15-22(21-9-5-6-14-24-21)26-23(27)25-20-8-4-3-7-19(20)16-30(2,28)29/h3-14,22H,15-16H2,1-2H3,(H2,25,26,27). The van der Waals surface area contributed by atoms with Crippen molar-refractivity contribution in [2.75, 3.05) is 11.6 Å². The van der Waals surface area contributed by atoms with E-state index in [1.165, 1.54) is 11.8 Å². The number of rotatable bonds is 7. The van der Waals surface area contributed by atoms with Crippen LogP contribution < -0.4 is 10.6 Å². The quantitative estimate of drug-likeness (QED) is 0.600. The molecule has 1 heterocycles. The molecule has 0 spiro atoms. The van der Waals surface area contributed by atoms with E-state index in [9.17, 15) is 13.2 Å². The van der Waals surface area contributed by atoms with Gasteiger partial charge in [-0.2, -0.15) is 0 Å². The summed E-state index contributed by atoms with van der Waals surface area (Å²) in [6, 6.07) is 19.8. The third-order valence-corrected chi connectivity index (χ3v) is 5.43. The molecule has 2 N–H and O–H groups in total. The van der Waals surface area contributed by atoms with Crippen molar-refractivity contribution in [3.8, 4) is 0 Å². The van der Waals surface area contributed by atoms with Crippen molar-refractivity contribution in [1.29, 1.82) is 0 Å². The number of aryl methyl sites for hydroxylation is 1. The van der Waals surface area contributed by atoms with Crippen LogP contribution in [0.3, 0.4) is 0 Å². The molecule has 0 bridgehead atoms. The Labute approximate surface area is 177 Å². The van der Waals surface area contributed by atoms with Gasteiger partial charge in [-0.15, -0.1) is 0 Å². The molecule has 0 saturated carbocycles. The number of aromatic nitrogens is 1. The molecule has 156 valence electrons. The molecule has 0 fully saturated rings. The van der Waals surface area contributed by atoms with Gasteiger partial charge in [0.1, 0.15) is 0 Å². The van der Waals surface area contributed by atoms with Crippen LogP contribution >= 0.6 is 0 Å². The maximum absolute atomic E-state index is 12.8. The minimum absolute atomic E-state index is 0.142. The average Bonchev–Trinajstić information content (AvgIpc) is 2.70. The van der Waals surface area contributed by atoms with Gasteiger partial charge in [0, 0.05) is 18.1 Å². The second kappa shape index (κ2) is 9.54. The molecule has 3 aromatic rings. The van der Waals surface area contributed by atoms with Crippen molar-refractivity contribution < 1.29 is 13.2 Å². The van der Waals surface area contributed by atoms with Gasteiger partial charge in [0.2, 0.25) is 0 Å². The summed E-state index contributed by atoms with van der Waals surface area (Å²) < 4.78 is 23.4. The summed E-state index contributed by atoms with van der Waals surface area (Å²) in [5.74, 6) is -0.142. The number of carbonyl (C=O) groups is 1. The van der Waals surface area contributed by atoms with E-state index >= 15 is 0 Å². The van der Waals surface area contributed by atoms with E-state index in [-0.39, 0.29) is 11.8 Å². The normalized spacial score (nSPS) is 12.2. The van der Waals surface area contributed by atoms with Crippen LogP contribution in [0.25, 0.3) is 0 Å². The molecule has 7 heteroatoms. The Kier molecular flexibility index (Phi) is 6.84. The molecule has 1 unspecified atom stereocenters. The zero-order valence-electron chi connectivity index (χ0n) is 17.0. The molecule has 0 aliphatic heterocycles.